The van der Waals surface area contributed by atoms with E-state index in [1.807, 2.05) is 0 Å². The summed E-state index contributed by atoms with van der Waals surface area (Å²) in [4.78, 5) is 7.28. The molecular weight excluding hydrogens is 236 g/mol. The minimum atomic E-state index is 1.11. The molecule has 4 heteroatoms. The van der Waals surface area contributed by atoms with Crippen molar-refractivity contribution in [3.05, 3.63) is 0 Å². The maximum absolute atomic E-state index is 3.56. The molecule has 0 rings (SSSR count). The Morgan fingerprint density at radius 1 is 0.684 bits per heavy atom. The van der Waals surface area contributed by atoms with Gasteiger partial charge in [-0.25, -0.2) is 0 Å². The SMILES string of the molecule is CCCN(CCNCCN(CC)CC)CCN(C)C. The van der Waals surface area contributed by atoms with Crippen LogP contribution in [0.1, 0.15) is 27.2 Å². The Labute approximate surface area is 121 Å². The van der Waals surface area contributed by atoms with Gasteiger partial charge in [0.1, 0.15) is 0 Å². The Morgan fingerprint density at radius 2 is 1.26 bits per heavy atom. The van der Waals surface area contributed by atoms with Crippen LogP contribution in [0.4, 0.5) is 0 Å². The molecule has 19 heavy (non-hydrogen) atoms. The van der Waals surface area contributed by atoms with Crippen LogP contribution in [0, 0.1) is 0 Å². The lowest BCUT2D eigenvalue weighted by atomic mass is 10.3. The summed E-state index contributed by atoms with van der Waals surface area (Å²) >= 11 is 0. The topological polar surface area (TPSA) is 21.8 Å². The highest BCUT2D eigenvalue weighted by molar-refractivity contribution is 4.62. The van der Waals surface area contributed by atoms with Crippen LogP contribution >= 0.6 is 0 Å². The van der Waals surface area contributed by atoms with Gasteiger partial charge in [-0.1, -0.05) is 20.8 Å². The zero-order valence-corrected chi connectivity index (χ0v) is 13.9. The number of rotatable bonds is 13. The molecule has 0 aliphatic rings. The van der Waals surface area contributed by atoms with Crippen molar-refractivity contribution in [3.8, 4) is 0 Å². The Kier molecular flexibility index (Phi) is 12.7. The lowest BCUT2D eigenvalue weighted by molar-refractivity contribution is 0.238. The van der Waals surface area contributed by atoms with Crippen molar-refractivity contribution in [2.24, 2.45) is 0 Å². The van der Waals surface area contributed by atoms with Gasteiger partial charge in [0, 0.05) is 39.3 Å². The Bertz CT molecular complexity index is 181. The molecule has 0 aromatic rings. The van der Waals surface area contributed by atoms with E-state index >= 15 is 0 Å². The van der Waals surface area contributed by atoms with E-state index in [1.54, 1.807) is 0 Å². The lowest BCUT2D eigenvalue weighted by Gasteiger charge is -2.24. The van der Waals surface area contributed by atoms with Crippen LogP contribution in [0.5, 0.6) is 0 Å². The molecule has 0 amide bonds. The largest absolute Gasteiger partial charge is 0.314 e. The van der Waals surface area contributed by atoms with Gasteiger partial charge in [0.05, 0.1) is 0 Å². The van der Waals surface area contributed by atoms with Gasteiger partial charge in [0.2, 0.25) is 0 Å². The Balaban J connectivity index is 3.62. The summed E-state index contributed by atoms with van der Waals surface area (Å²) in [5.41, 5.74) is 0. The first-order valence-electron chi connectivity index (χ1n) is 7.94. The molecule has 0 spiro atoms. The smallest absolute Gasteiger partial charge is 0.0110 e. The normalized spacial score (nSPS) is 12.0. The summed E-state index contributed by atoms with van der Waals surface area (Å²) in [5, 5.41) is 3.56. The quantitative estimate of drug-likeness (QED) is 0.508. The van der Waals surface area contributed by atoms with E-state index in [0.29, 0.717) is 0 Å². The molecule has 0 unspecified atom stereocenters. The summed E-state index contributed by atoms with van der Waals surface area (Å²) in [6.45, 7) is 17.1. The molecule has 0 heterocycles. The molecule has 0 aliphatic carbocycles. The van der Waals surface area contributed by atoms with Gasteiger partial charge in [-0.2, -0.15) is 0 Å². The van der Waals surface area contributed by atoms with Crippen molar-refractivity contribution in [1.82, 2.24) is 20.0 Å². The third-order valence-corrected chi connectivity index (χ3v) is 3.51. The predicted octanol–water partition coefficient (Wildman–Crippen LogP) is 1.19. The van der Waals surface area contributed by atoms with E-state index in [9.17, 15) is 0 Å². The van der Waals surface area contributed by atoms with Gasteiger partial charge in [0.15, 0.2) is 0 Å². The summed E-state index contributed by atoms with van der Waals surface area (Å²) in [5.74, 6) is 0. The fourth-order valence-corrected chi connectivity index (χ4v) is 2.13. The Hall–Kier alpha value is -0.160. The van der Waals surface area contributed by atoms with Gasteiger partial charge in [-0.15, -0.1) is 0 Å². The average Bonchev–Trinajstić information content (AvgIpc) is 2.39. The molecule has 0 atom stereocenters. The van der Waals surface area contributed by atoms with Crippen molar-refractivity contribution >= 4 is 0 Å². The number of hydrogen-bond donors (Lipinski definition) is 1. The minimum absolute atomic E-state index is 1.11. The predicted molar refractivity (Wildman–Crippen MR) is 85.9 cm³/mol. The van der Waals surface area contributed by atoms with E-state index in [2.05, 4.69) is 54.9 Å². The van der Waals surface area contributed by atoms with Crippen LogP contribution in [-0.2, 0) is 0 Å². The number of nitrogens with one attached hydrogen (secondary N) is 1. The summed E-state index contributed by atoms with van der Waals surface area (Å²) in [6, 6.07) is 0. The highest BCUT2D eigenvalue weighted by Crippen LogP contribution is 1.91. The van der Waals surface area contributed by atoms with Crippen LogP contribution < -0.4 is 5.32 Å². The van der Waals surface area contributed by atoms with Gasteiger partial charge in [-0.3, -0.25) is 0 Å². The van der Waals surface area contributed by atoms with Crippen molar-refractivity contribution in [2.45, 2.75) is 27.2 Å². The van der Waals surface area contributed by atoms with Crippen LogP contribution in [0.15, 0.2) is 0 Å². The summed E-state index contributed by atoms with van der Waals surface area (Å²) < 4.78 is 0. The maximum Gasteiger partial charge on any atom is 0.0110 e. The Morgan fingerprint density at radius 3 is 1.74 bits per heavy atom. The van der Waals surface area contributed by atoms with Crippen LogP contribution in [0.2, 0.25) is 0 Å². The van der Waals surface area contributed by atoms with Crippen molar-refractivity contribution in [2.75, 3.05) is 73.0 Å². The molecule has 0 saturated carbocycles. The maximum atomic E-state index is 3.56. The fourth-order valence-electron chi connectivity index (χ4n) is 2.13. The number of hydrogen-bond acceptors (Lipinski definition) is 4. The second-order valence-electron chi connectivity index (χ2n) is 5.42. The van der Waals surface area contributed by atoms with E-state index in [-0.39, 0.29) is 0 Å². The van der Waals surface area contributed by atoms with E-state index in [4.69, 9.17) is 0 Å². The molecule has 0 fully saturated rings. The first-order valence-corrected chi connectivity index (χ1v) is 7.94. The molecular formula is C15H36N4. The molecule has 0 bridgehead atoms. The third-order valence-electron chi connectivity index (χ3n) is 3.51. The molecule has 0 radical (unpaired) electrons. The number of nitrogens with zero attached hydrogens (tertiary/aromatic N) is 3. The molecule has 116 valence electrons. The lowest BCUT2D eigenvalue weighted by Crippen LogP contribution is -2.39. The van der Waals surface area contributed by atoms with Gasteiger partial charge in [0.25, 0.3) is 0 Å². The van der Waals surface area contributed by atoms with Crippen molar-refractivity contribution in [1.29, 1.82) is 0 Å². The molecule has 4 nitrogen and oxygen atoms in total. The molecule has 0 aromatic heterocycles. The molecule has 0 aromatic carbocycles. The molecule has 1 N–H and O–H groups in total. The second-order valence-corrected chi connectivity index (χ2v) is 5.42. The first-order chi connectivity index (χ1) is 9.13. The molecule has 0 aliphatic heterocycles. The number of likely N-dealkylation sites (N-methyl/N-ethyl adjacent to an activating group) is 2. The fraction of sp³-hybridized carbons (Fsp3) is 1.00. The monoisotopic (exact) mass is 272 g/mol. The summed E-state index contributed by atoms with van der Waals surface area (Å²) in [6.07, 6.45) is 1.24. The highest BCUT2D eigenvalue weighted by atomic mass is 15.2. The van der Waals surface area contributed by atoms with Crippen LogP contribution in [0.3, 0.4) is 0 Å². The zero-order chi connectivity index (χ0) is 14.5. The standard InChI is InChI=1S/C15H36N4/c1-6-11-19(15-14-17(4)5)13-10-16-9-12-18(7-2)8-3/h16H,6-15H2,1-5H3. The van der Waals surface area contributed by atoms with E-state index < -0.39 is 0 Å². The minimum Gasteiger partial charge on any atom is -0.314 e. The van der Waals surface area contributed by atoms with Crippen LogP contribution in [0.25, 0.3) is 0 Å². The van der Waals surface area contributed by atoms with E-state index in [1.165, 1.54) is 32.6 Å². The first kappa shape index (κ1) is 18.8. The third kappa shape index (κ3) is 11.4. The van der Waals surface area contributed by atoms with Crippen molar-refractivity contribution in [3.63, 3.8) is 0 Å². The highest BCUT2D eigenvalue weighted by Gasteiger charge is 2.04. The average molecular weight is 272 g/mol. The second kappa shape index (κ2) is 12.9. The zero-order valence-electron chi connectivity index (χ0n) is 13.9. The molecule has 0 saturated heterocycles. The van der Waals surface area contributed by atoms with Crippen molar-refractivity contribution < 1.29 is 0 Å². The van der Waals surface area contributed by atoms with Gasteiger partial charge < -0.3 is 20.0 Å². The van der Waals surface area contributed by atoms with Crippen LogP contribution in [-0.4, -0.2) is 87.7 Å². The summed E-state index contributed by atoms with van der Waals surface area (Å²) in [7, 11) is 4.29. The van der Waals surface area contributed by atoms with Gasteiger partial charge >= 0.3 is 0 Å². The van der Waals surface area contributed by atoms with Gasteiger partial charge in [-0.05, 0) is 40.2 Å². The van der Waals surface area contributed by atoms with E-state index in [0.717, 1.165) is 32.7 Å².